The van der Waals surface area contributed by atoms with Crippen molar-refractivity contribution in [2.45, 2.75) is 19.8 Å². The Kier molecular flexibility index (Phi) is 3.65. The predicted octanol–water partition coefficient (Wildman–Crippen LogP) is 2.69. The molecule has 0 radical (unpaired) electrons. The van der Waals surface area contributed by atoms with E-state index in [1.807, 2.05) is 31.2 Å². The van der Waals surface area contributed by atoms with Crippen LogP contribution in [0.15, 0.2) is 24.3 Å². The van der Waals surface area contributed by atoms with Crippen molar-refractivity contribution in [3.63, 3.8) is 0 Å². The highest BCUT2D eigenvalue weighted by Crippen LogP contribution is 2.30. The molecule has 0 saturated carbocycles. The minimum absolute atomic E-state index is 0.373. The highest BCUT2D eigenvalue weighted by molar-refractivity contribution is 5.27. The topological polar surface area (TPSA) is 42.2 Å². The van der Waals surface area contributed by atoms with E-state index in [9.17, 15) is 5.26 Å². The van der Waals surface area contributed by atoms with Gasteiger partial charge in [-0.3, -0.25) is 0 Å². The third-order valence-electron chi connectivity index (χ3n) is 3.19. The Morgan fingerprint density at radius 3 is 2.82 bits per heavy atom. The van der Waals surface area contributed by atoms with Gasteiger partial charge in [0.1, 0.15) is 12.4 Å². The first kappa shape index (κ1) is 11.9. The molecule has 1 aromatic rings. The Labute approximate surface area is 102 Å². The van der Waals surface area contributed by atoms with Gasteiger partial charge in [0, 0.05) is 13.2 Å². The van der Waals surface area contributed by atoms with Gasteiger partial charge >= 0.3 is 0 Å². The van der Waals surface area contributed by atoms with Crippen LogP contribution in [-0.2, 0) is 4.74 Å². The Balaban J connectivity index is 1.98. The van der Waals surface area contributed by atoms with Crippen LogP contribution in [0.5, 0.6) is 5.75 Å². The van der Waals surface area contributed by atoms with E-state index in [1.165, 1.54) is 5.56 Å². The lowest BCUT2D eigenvalue weighted by Gasteiger charge is -2.30. The van der Waals surface area contributed by atoms with Crippen LogP contribution in [0.4, 0.5) is 0 Å². The van der Waals surface area contributed by atoms with Gasteiger partial charge in [-0.25, -0.2) is 0 Å². The molecule has 17 heavy (non-hydrogen) atoms. The lowest BCUT2D eigenvalue weighted by molar-refractivity contribution is 0.0191. The molecule has 0 aromatic heterocycles. The first-order valence-corrected chi connectivity index (χ1v) is 5.93. The molecule has 1 aliphatic rings. The van der Waals surface area contributed by atoms with Gasteiger partial charge in [-0.1, -0.05) is 12.1 Å². The molecular formula is C14H17NO2. The van der Waals surface area contributed by atoms with Crippen LogP contribution in [0.3, 0.4) is 0 Å². The fourth-order valence-electron chi connectivity index (χ4n) is 1.98. The molecule has 1 aromatic carbocycles. The van der Waals surface area contributed by atoms with Gasteiger partial charge in [0.25, 0.3) is 0 Å². The molecule has 90 valence electrons. The highest BCUT2D eigenvalue weighted by atomic mass is 16.5. The van der Waals surface area contributed by atoms with E-state index in [0.717, 1.165) is 18.6 Å². The molecule has 0 atom stereocenters. The van der Waals surface area contributed by atoms with E-state index in [4.69, 9.17) is 9.47 Å². The number of ether oxygens (including phenoxy) is 2. The summed E-state index contributed by atoms with van der Waals surface area (Å²) < 4.78 is 11.0. The third-order valence-corrected chi connectivity index (χ3v) is 3.19. The molecule has 1 saturated heterocycles. The summed E-state index contributed by atoms with van der Waals surface area (Å²) in [5, 5.41) is 9.29. The molecule has 0 spiro atoms. The maximum absolute atomic E-state index is 9.29. The van der Waals surface area contributed by atoms with Crippen LogP contribution in [0.1, 0.15) is 18.4 Å². The average molecular weight is 231 g/mol. The van der Waals surface area contributed by atoms with E-state index >= 15 is 0 Å². The van der Waals surface area contributed by atoms with Crippen molar-refractivity contribution >= 4 is 0 Å². The monoisotopic (exact) mass is 231 g/mol. The number of hydrogen-bond donors (Lipinski definition) is 0. The van der Waals surface area contributed by atoms with Crippen LogP contribution >= 0.6 is 0 Å². The van der Waals surface area contributed by atoms with Crippen molar-refractivity contribution in [1.82, 2.24) is 0 Å². The number of hydrogen-bond acceptors (Lipinski definition) is 3. The molecular weight excluding hydrogens is 214 g/mol. The lowest BCUT2D eigenvalue weighted by Crippen LogP contribution is -2.33. The van der Waals surface area contributed by atoms with Crippen LogP contribution in [0.2, 0.25) is 0 Å². The molecule has 1 heterocycles. The molecule has 3 heteroatoms. The summed E-state index contributed by atoms with van der Waals surface area (Å²) in [5.41, 5.74) is 0.794. The van der Waals surface area contributed by atoms with Gasteiger partial charge in [-0.15, -0.1) is 0 Å². The number of aryl methyl sites for hydroxylation is 1. The number of nitriles is 1. The van der Waals surface area contributed by atoms with Gasteiger partial charge in [-0.2, -0.15) is 5.26 Å². The summed E-state index contributed by atoms with van der Waals surface area (Å²) in [7, 11) is 0. The van der Waals surface area contributed by atoms with Crippen LogP contribution in [-0.4, -0.2) is 19.8 Å². The quantitative estimate of drug-likeness (QED) is 0.803. The molecule has 0 bridgehead atoms. The zero-order chi connectivity index (χ0) is 12.1. The van der Waals surface area contributed by atoms with Gasteiger partial charge in [-0.05, 0) is 37.5 Å². The van der Waals surface area contributed by atoms with Gasteiger partial charge in [0.2, 0.25) is 0 Å². The average Bonchev–Trinajstić information content (AvgIpc) is 2.38. The summed E-state index contributed by atoms with van der Waals surface area (Å²) in [6, 6.07) is 10.3. The van der Waals surface area contributed by atoms with Crippen molar-refractivity contribution in [1.29, 1.82) is 5.26 Å². The highest BCUT2D eigenvalue weighted by Gasteiger charge is 2.33. The van der Waals surface area contributed by atoms with Gasteiger partial charge < -0.3 is 9.47 Å². The van der Waals surface area contributed by atoms with Gasteiger partial charge in [0.15, 0.2) is 0 Å². The maximum Gasteiger partial charge on any atom is 0.119 e. The van der Waals surface area contributed by atoms with Crippen LogP contribution in [0, 0.1) is 23.7 Å². The fraction of sp³-hybridized carbons (Fsp3) is 0.500. The Morgan fingerprint density at radius 2 is 2.18 bits per heavy atom. The minimum Gasteiger partial charge on any atom is -0.492 e. The fourth-order valence-corrected chi connectivity index (χ4v) is 1.98. The Hall–Kier alpha value is -1.53. The second-order valence-corrected chi connectivity index (χ2v) is 4.61. The zero-order valence-electron chi connectivity index (χ0n) is 10.1. The first-order valence-electron chi connectivity index (χ1n) is 5.93. The van der Waals surface area contributed by atoms with Crippen molar-refractivity contribution < 1.29 is 9.47 Å². The summed E-state index contributed by atoms with van der Waals surface area (Å²) in [4.78, 5) is 0. The Morgan fingerprint density at radius 1 is 1.41 bits per heavy atom. The maximum atomic E-state index is 9.29. The van der Waals surface area contributed by atoms with Crippen LogP contribution in [0.25, 0.3) is 0 Å². The second kappa shape index (κ2) is 5.20. The molecule has 0 N–H and O–H groups in total. The smallest absolute Gasteiger partial charge is 0.119 e. The van der Waals surface area contributed by atoms with Crippen LogP contribution < -0.4 is 4.74 Å². The molecule has 0 aliphatic carbocycles. The molecule has 3 nitrogen and oxygen atoms in total. The van der Waals surface area contributed by atoms with E-state index in [0.29, 0.717) is 19.8 Å². The first-order chi connectivity index (χ1) is 8.24. The van der Waals surface area contributed by atoms with E-state index in [-0.39, 0.29) is 5.41 Å². The van der Waals surface area contributed by atoms with Crippen molar-refractivity contribution in [2.24, 2.45) is 5.41 Å². The zero-order valence-corrected chi connectivity index (χ0v) is 10.1. The molecule has 0 amide bonds. The lowest BCUT2D eigenvalue weighted by atomic mass is 9.83. The number of rotatable bonds is 3. The summed E-state index contributed by atoms with van der Waals surface area (Å²) >= 11 is 0. The molecule has 0 unspecified atom stereocenters. The second-order valence-electron chi connectivity index (χ2n) is 4.61. The SMILES string of the molecule is Cc1cccc(OCC2(C#N)CCOCC2)c1. The number of benzene rings is 1. The van der Waals surface area contributed by atoms with Crippen molar-refractivity contribution in [3.8, 4) is 11.8 Å². The largest absolute Gasteiger partial charge is 0.492 e. The standard InChI is InChI=1S/C14H17NO2/c1-12-3-2-4-13(9-12)17-11-14(10-15)5-7-16-8-6-14/h2-4,9H,5-8,11H2,1H3. The summed E-state index contributed by atoms with van der Waals surface area (Å²) in [6.45, 7) is 3.80. The van der Waals surface area contributed by atoms with Crippen molar-refractivity contribution in [2.75, 3.05) is 19.8 Å². The molecule has 1 fully saturated rings. The number of nitrogens with zero attached hydrogens (tertiary/aromatic N) is 1. The van der Waals surface area contributed by atoms with E-state index in [2.05, 4.69) is 6.07 Å². The summed E-state index contributed by atoms with van der Waals surface area (Å²) in [5.74, 6) is 0.839. The van der Waals surface area contributed by atoms with Crippen molar-refractivity contribution in [3.05, 3.63) is 29.8 Å². The predicted molar refractivity (Wildman–Crippen MR) is 64.8 cm³/mol. The molecule has 1 aliphatic heterocycles. The molecule has 2 rings (SSSR count). The Bertz CT molecular complexity index is 416. The normalized spacial score (nSPS) is 18.4. The van der Waals surface area contributed by atoms with E-state index in [1.54, 1.807) is 0 Å². The minimum atomic E-state index is -0.373. The third kappa shape index (κ3) is 2.98. The van der Waals surface area contributed by atoms with Gasteiger partial charge in [0.05, 0.1) is 11.5 Å². The summed E-state index contributed by atoms with van der Waals surface area (Å²) in [6.07, 6.45) is 1.52. The van der Waals surface area contributed by atoms with E-state index < -0.39 is 0 Å².